The number of amides is 1. The number of aromatic nitrogens is 12. The van der Waals surface area contributed by atoms with E-state index >= 15 is 0 Å². The highest BCUT2D eigenvalue weighted by Gasteiger charge is 2.33. The van der Waals surface area contributed by atoms with Gasteiger partial charge >= 0.3 is 5.97 Å². The first-order valence-electron chi connectivity index (χ1n) is 43.1. The van der Waals surface area contributed by atoms with Crippen LogP contribution in [0.1, 0.15) is 225 Å². The van der Waals surface area contributed by atoms with Crippen LogP contribution in [0.2, 0.25) is 0 Å². The van der Waals surface area contributed by atoms with E-state index in [2.05, 4.69) is 77.6 Å². The van der Waals surface area contributed by atoms with Crippen molar-refractivity contribution in [2.45, 2.75) is 169 Å². The third-order valence-electron chi connectivity index (χ3n) is 22.7. The summed E-state index contributed by atoms with van der Waals surface area (Å²) < 4.78 is 104. The lowest BCUT2D eigenvalue weighted by molar-refractivity contribution is -0.119. The van der Waals surface area contributed by atoms with E-state index in [1.165, 1.54) is 86.3 Å². The molecule has 0 aliphatic heterocycles. The molecule has 19 rings (SSSR count). The number of carboxylic acid groups (broad SMARTS) is 1. The second-order valence-corrected chi connectivity index (χ2v) is 35.6. The Labute approximate surface area is 803 Å². The molecule has 135 heavy (non-hydrogen) atoms. The molecule has 7 aromatic carbocycles. The molecule has 6 aliphatic rings. The largest absolute Gasteiger partial charge is 0.478 e. The number of nitrogens with zero attached hydrogens (tertiary/aromatic N) is 15. The number of alkyl halides is 1. The predicted octanol–water partition coefficient (Wildman–Crippen LogP) is 22.6. The zero-order valence-corrected chi connectivity index (χ0v) is 79.8. The van der Waals surface area contributed by atoms with Gasteiger partial charge in [-0.25, -0.2) is 55.5 Å². The fourth-order valence-corrected chi connectivity index (χ4v) is 15.0. The Kier molecular flexibility index (Phi) is 34.2. The second-order valence-electron chi connectivity index (χ2n) is 33.8. The van der Waals surface area contributed by atoms with E-state index in [1.807, 2.05) is 89.8 Å². The molecule has 13 aromatic rings. The number of hydrogen-bond donors (Lipinski definition) is 6. The van der Waals surface area contributed by atoms with Crippen LogP contribution in [0, 0.1) is 151 Å². The zero-order chi connectivity index (χ0) is 96.8. The number of imidazole rings is 4. The van der Waals surface area contributed by atoms with Crippen molar-refractivity contribution in [1.29, 1.82) is 21.0 Å². The van der Waals surface area contributed by atoms with Gasteiger partial charge in [-0.15, -0.1) is 22.6 Å². The van der Waals surface area contributed by atoms with Crippen LogP contribution in [0.25, 0.3) is 34.3 Å². The van der Waals surface area contributed by atoms with Crippen LogP contribution in [0.3, 0.4) is 0 Å². The number of Topliss-reactive ketones (excluding diaryl/α,β-unsaturated/α-hetero) is 2. The van der Waals surface area contributed by atoms with Gasteiger partial charge in [0.2, 0.25) is 0 Å². The number of halogens is 10. The van der Waals surface area contributed by atoms with Crippen LogP contribution in [0.5, 0.6) is 0 Å². The third kappa shape index (κ3) is 26.9. The number of carbonyl (C=O) groups is 4. The van der Waals surface area contributed by atoms with Gasteiger partial charge in [-0.3, -0.25) is 19.0 Å². The summed E-state index contributed by atoms with van der Waals surface area (Å²) in [7, 11) is 0. The Morgan fingerprint density at radius 2 is 0.933 bits per heavy atom. The molecule has 6 aromatic heterocycles. The van der Waals surface area contributed by atoms with E-state index < -0.39 is 46.8 Å². The zero-order valence-electron chi connectivity index (χ0n) is 75.0. The maximum atomic E-state index is 14.8. The number of aryl methyl sites for hydroxylation is 7. The standard InChI is InChI=1S/C24H24FN7O.C14H12FN3S.C14H12FN3.C14H13FN2O2.C13H13FN2O.C8H7FN2.C7H7BrFN.C5H7BrO.ClH/c1-14(2)32-13-27-30-23(32)19-5-4-6-22(28-19)29-24(33)17-10-21(15(3)9-18(17)25)31-11-20(26-12-31)16-7-8-16;1-8-4-11(15)10(6-16)5-13(8)18-7-12(9-2-3-9)17-14(18)19;1-9-4-12(15)11(6-16)5-14(9)18-7-13(17-8-18)10-2-3-10;1-8-4-11(15)10(14(18)19)5-13(8)17-6-12(16-7-17)9-2-3-9;1-8-4-11(14)10(6-15)5-12(8)16-7-13(17)9-2-3-9;1-5-2-7(9)6(4-10)3-8(5)11;1-4-2-6(9)5(8)3-7(4)10;6-3-5(7)4-1-2-4;/h4-6,9-14,16H,7-8H2,1-3H3,(H,28,29,33);4-5,7,9H,2-3H2,1H3,(H,17,19);4-5,7-8,10H,2-3H2,1H3;4-7,9H,2-3H2,1H3,(H,18,19);4-5,9,16H,2-3,7H2,1H3;2-3H,11H2,1H3;2-3H,10H2,1H3;4H,1-3H2;1H. The number of carboxylic acids is 1. The molecule has 1 amide bonds. The Balaban J connectivity index is 0.000000154. The summed E-state index contributed by atoms with van der Waals surface area (Å²) in [6.07, 6.45) is 28.1. The molecular weight excluding hydrogens is 1910 g/mol. The molecule has 0 radical (unpaired) electrons. The van der Waals surface area contributed by atoms with Gasteiger partial charge in [0, 0.05) is 89.1 Å². The number of carbonyl (C=O) groups excluding carboxylic acids is 3. The summed E-state index contributed by atoms with van der Waals surface area (Å²) in [5.74, 6) is -1.13. The number of nitrogen functional groups attached to an aromatic ring is 2. The summed E-state index contributed by atoms with van der Waals surface area (Å²) in [4.78, 5) is 66.8. The van der Waals surface area contributed by atoms with E-state index in [0.717, 1.165) is 108 Å². The average Bonchev–Trinajstić information content (AvgIpc) is 1.65. The van der Waals surface area contributed by atoms with Crippen LogP contribution >= 0.6 is 56.5 Å². The van der Waals surface area contributed by atoms with Gasteiger partial charge in [0.15, 0.2) is 16.4 Å². The van der Waals surface area contributed by atoms with Crippen LogP contribution < -0.4 is 22.1 Å². The number of nitriles is 4. The van der Waals surface area contributed by atoms with E-state index in [-0.39, 0.29) is 75.9 Å². The summed E-state index contributed by atoms with van der Waals surface area (Å²) in [5.41, 5.74) is 25.2. The van der Waals surface area contributed by atoms with Crippen molar-refractivity contribution < 1.29 is 55.0 Å². The van der Waals surface area contributed by atoms with Crippen LogP contribution in [-0.4, -0.2) is 98.4 Å². The molecule has 0 saturated heterocycles. The second kappa shape index (κ2) is 45.3. The molecule has 36 heteroatoms. The number of aromatic carboxylic acids is 1. The Morgan fingerprint density at radius 3 is 1.39 bits per heavy atom. The van der Waals surface area contributed by atoms with Crippen molar-refractivity contribution in [2.24, 2.45) is 11.8 Å². The molecule has 25 nitrogen and oxygen atoms in total. The van der Waals surface area contributed by atoms with Crippen LogP contribution in [0.4, 0.5) is 53.6 Å². The first-order chi connectivity index (χ1) is 64.0. The van der Waals surface area contributed by atoms with Crippen molar-refractivity contribution in [3.63, 3.8) is 0 Å². The van der Waals surface area contributed by atoms with Gasteiger partial charge in [-0.2, -0.15) is 21.0 Å². The molecule has 8 N–H and O–H groups in total. The highest BCUT2D eigenvalue weighted by molar-refractivity contribution is 9.10. The van der Waals surface area contributed by atoms with E-state index in [0.29, 0.717) is 112 Å². The quantitative estimate of drug-likeness (QED) is 0.0189. The summed E-state index contributed by atoms with van der Waals surface area (Å²) in [6.45, 7) is 16.7. The van der Waals surface area contributed by atoms with E-state index in [9.17, 15) is 49.9 Å². The number of rotatable bonds is 19. The van der Waals surface area contributed by atoms with Gasteiger partial charge in [0.25, 0.3) is 5.91 Å². The van der Waals surface area contributed by atoms with Gasteiger partial charge in [0.1, 0.15) is 88.6 Å². The first-order valence-corrected chi connectivity index (χ1v) is 45.4. The van der Waals surface area contributed by atoms with Gasteiger partial charge < -0.3 is 50.5 Å². The normalized spacial score (nSPS) is 13.6. The molecule has 698 valence electrons. The minimum atomic E-state index is -1.26. The number of anilines is 4. The summed E-state index contributed by atoms with van der Waals surface area (Å²) >= 11 is 11.4. The molecule has 0 atom stereocenters. The lowest BCUT2D eigenvalue weighted by Crippen LogP contribution is -2.16. The molecule has 6 saturated carbocycles. The smallest absolute Gasteiger partial charge is 0.338 e. The molecule has 0 bridgehead atoms. The first kappa shape index (κ1) is 102. The van der Waals surface area contributed by atoms with E-state index in [4.69, 9.17) is 49.8 Å². The van der Waals surface area contributed by atoms with Gasteiger partial charge in [-0.05, 0) is 304 Å². The molecular formula is C99H96Br2ClF7N20O5S. The molecule has 6 heterocycles. The maximum absolute atomic E-state index is 14.8. The third-order valence-corrected chi connectivity index (χ3v) is 24.2. The number of pyridine rings is 1. The highest BCUT2D eigenvalue weighted by Crippen LogP contribution is 2.43. The number of nitrogens with two attached hydrogens (primary N) is 2. The van der Waals surface area contributed by atoms with Crippen LogP contribution in [-0.2, 0) is 9.59 Å². The molecule has 6 aliphatic carbocycles. The number of aromatic amines is 1. The Bertz CT molecular complexity index is 6800. The minimum Gasteiger partial charge on any atom is -0.478 e. The van der Waals surface area contributed by atoms with Crippen LogP contribution in [0.15, 0.2) is 158 Å². The predicted molar refractivity (Wildman–Crippen MR) is 511 cm³/mol. The number of H-pyrrole nitrogens is 1. The van der Waals surface area contributed by atoms with Crippen molar-refractivity contribution in [2.75, 3.05) is 34.0 Å². The van der Waals surface area contributed by atoms with Gasteiger partial charge in [0.05, 0.1) is 109 Å². The lowest BCUT2D eigenvalue weighted by atomic mass is 10.1. The topological polar surface area (TPSA) is 378 Å². The SMILES string of the molecule is Cc1cc(F)c(Br)cc1N.Cc1cc(F)c(C#N)cc1-n1cc(C2CC2)[nH]c1=S.Cc1cc(F)c(C#N)cc1-n1cnc(C2CC2)c1.Cc1cc(F)c(C#N)cc1N.Cc1cc(F)c(C#N)cc1NCC(=O)C1CC1.Cc1cc(F)c(C(=O)Nc2cccc(-c3nncn3C(C)C)n2)cc1-n1cnc(C2CC2)c1.Cc1cc(F)c(C(=O)O)cc1-n1cnc(C2CC2)c1.Cl.O=C(CBr)C1CC1. The minimum absolute atomic E-state index is 0. The number of nitrogens with one attached hydrogen (secondary N) is 3. The number of hydrogen-bond acceptors (Lipinski definition) is 18. The molecule has 0 unspecified atom stereocenters. The average molecular weight is 2010 g/mol. The summed E-state index contributed by atoms with van der Waals surface area (Å²) in [6, 6.07) is 32.3. The van der Waals surface area contributed by atoms with Gasteiger partial charge in [-0.1, -0.05) is 22.0 Å². The van der Waals surface area contributed by atoms with Crippen molar-refractivity contribution in [3.05, 3.63) is 298 Å². The number of ketones is 2. The van der Waals surface area contributed by atoms with Crippen molar-refractivity contribution in [3.8, 4) is 58.5 Å². The van der Waals surface area contributed by atoms with Crippen molar-refractivity contribution in [1.82, 2.24) is 58.0 Å². The number of benzene rings is 7. The Hall–Kier alpha value is -13.7. The molecule has 6 fully saturated rings. The monoisotopic (exact) mass is 2000 g/mol. The van der Waals surface area contributed by atoms with E-state index in [1.54, 1.807) is 112 Å². The fourth-order valence-electron chi connectivity index (χ4n) is 13.9. The summed E-state index contributed by atoms with van der Waals surface area (Å²) in [5, 5.41) is 58.2. The fraction of sp³-hybridized carbons (Fsp3) is 0.303. The lowest BCUT2D eigenvalue weighted by Gasteiger charge is -2.12. The highest BCUT2D eigenvalue weighted by atomic mass is 79.9. The van der Waals surface area contributed by atoms with Crippen molar-refractivity contribution >= 4 is 103 Å². The Morgan fingerprint density at radius 1 is 0.519 bits per heavy atom. The molecule has 0 spiro atoms. The maximum Gasteiger partial charge on any atom is 0.338 e.